The predicted molar refractivity (Wildman–Crippen MR) is 131 cm³/mol. The van der Waals surface area contributed by atoms with Gasteiger partial charge >= 0.3 is 0 Å². The lowest BCUT2D eigenvalue weighted by Gasteiger charge is -2.17. The summed E-state index contributed by atoms with van der Waals surface area (Å²) in [6.45, 7) is 3.13. The molecule has 0 spiro atoms. The zero-order valence-electron chi connectivity index (χ0n) is 19.3. The Morgan fingerprint density at radius 1 is 1.14 bits per heavy atom. The number of sulfone groups is 1. The van der Waals surface area contributed by atoms with Crippen molar-refractivity contribution in [3.8, 4) is 17.1 Å². The van der Waals surface area contributed by atoms with E-state index in [-0.39, 0.29) is 28.0 Å². The highest BCUT2D eigenvalue weighted by atomic mass is 32.2. The van der Waals surface area contributed by atoms with Gasteiger partial charge in [0.05, 0.1) is 23.3 Å². The lowest BCUT2D eigenvalue weighted by molar-refractivity contribution is -0.121. The number of carbonyl (C=O) groups excluding carboxylic acids is 1. The first-order chi connectivity index (χ1) is 16.9. The second-order valence-electron chi connectivity index (χ2n) is 8.08. The molecule has 1 aliphatic rings. The maximum absolute atomic E-state index is 12.8. The Hall–Kier alpha value is -3.77. The van der Waals surface area contributed by atoms with E-state index in [2.05, 4.69) is 26.0 Å². The second-order valence-corrected chi connectivity index (χ2v) is 10.3. The summed E-state index contributed by atoms with van der Waals surface area (Å²) in [5.74, 6) is 1.10. The number of methoxy groups -OCH3 is 1. The summed E-state index contributed by atoms with van der Waals surface area (Å²) in [4.78, 5) is 22.1. The summed E-state index contributed by atoms with van der Waals surface area (Å²) >= 11 is 0. The number of carbonyl (C=O) groups is 1. The van der Waals surface area contributed by atoms with Crippen LogP contribution in [0.1, 0.15) is 6.92 Å². The van der Waals surface area contributed by atoms with Gasteiger partial charge in [0.1, 0.15) is 11.8 Å². The molecule has 0 bridgehead atoms. The Balaban J connectivity index is 1.73. The maximum Gasteiger partial charge on any atom is 0.243 e. The van der Waals surface area contributed by atoms with E-state index in [1.165, 1.54) is 10.6 Å². The van der Waals surface area contributed by atoms with Gasteiger partial charge in [-0.3, -0.25) is 4.79 Å². The van der Waals surface area contributed by atoms with Gasteiger partial charge in [-0.05, 0) is 36.4 Å². The standard InChI is InChI=1S/C23H25N7O4S/c1-3-35(32,33)18-6-4-5-16-19(18)27-23(26-17-13-24-11-12-25-22(17)31)30-21(16)28-20(29-30)14-7-9-15(34-2)10-8-14/h4-10,17,24H,3,11-13H2,1-2H3,(H,25,31)(H,26,27)/t17-/m1/s1. The first-order valence-corrected chi connectivity index (χ1v) is 12.9. The number of ether oxygens (including phenoxy) is 1. The molecule has 0 radical (unpaired) electrons. The third kappa shape index (κ3) is 4.26. The minimum atomic E-state index is -3.57. The van der Waals surface area contributed by atoms with Crippen LogP contribution in [0.4, 0.5) is 5.95 Å². The molecule has 1 saturated heterocycles. The molecule has 1 amide bonds. The Labute approximate surface area is 201 Å². The van der Waals surface area contributed by atoms with E-state index in [1.54, 1.807) is 26.2 Å². The summed E-state index contributed by atoms with van der Waals surface area (Å²) in [5, 5.41) is 14.4. The van der Waals surface area contributed by atoms with E-state index in [9.17, 15) is 13.2 Å². The zero-order chi connectivity index (χ0) is 24.6. The van der Waals surface area contributed by atoms with E-state index in [0.29, 0.717) is 42.2 Å². The first-order valence-electron chi connectivity index (χ1n) is 11.2. The van der Waals surface area contributed by atoms with Crippen molar-refractivity contribution in [2.24, 2.45) is 0 Å². The van der Waals surface area contributed by atoms with Crippen molar-refractivity contribution in [3.05, 3.63) is 42.5 Å². The lowest BCUT2D eigenvalue weighted by atomic mass is 10.2. The minimum absolute atomic E-state index is 0.0690. The molecule has 182 valence electrons. The van der Waals surface area contributed by atoms with Crippen molar-refractivity contribution in [1.29, 1.82) is 0 Å². The van der Waals surface area contributed by atoms with Crippen molar-refractivity contribution < 1.29 is 17.9 Å². The highest BCUT2D eigenvalue weighted by Gasteiger charge is 2.25. The molecule has 1 aliphatic heterocycles. The van der Waals surface area contributed by atoms with Crippen LogP contribution in [-0.4, -0.2) is 72.4 Å². The van der Waals surface area contributed by atoms with Crippen LogP contribution in [0.5, 0.6) is 5.75 Å². The molecule has 0 aliphatic carbocycles. The lowest BCUT2D eigenvalue weighted by Crippen LogP contribution is -2.42. The molecule has 1 atom stereocenters. The molecule has 0 saturated carbocycles. The molecule has 4 aromatic rings. The number of rotatable bonds is 6. The molecule has 12 heteroatoms. The highest BCUT2D eigenvalue weighted by Crippen LogP contribution is 2.29. The monoisotopic (exact) mass is 495 g/mol. The van der Waals surface area contributed by atoms with Gasteiger partial charge in [-0.1, -0.05) is 13.0 Å². The number of para-hydroxylation sites is 1. The van der Waals surface area contributed by atoms with Crippen molar-refractivity contribution in [2.75, 3.05) is 37.8 Å². The molecule has 2 aromatic carbocycles. The number of nitrogens with one attached hydrogen (secondary N) is 3. The van der Waals surface area contributed by atoms with Crippen LogP contribution in [0.15, 0.2) is 47.4 Å². The topological polar surface area (TPSA) is 140 Å². The van der Waals surface area contributed by atoms with E-state index in [0.717, 1.165) is 5.56 Å². The van der Waals surface area contributed by atoms with Crippen LogP contribution in [0.3, 0.4) is 0 Å². The van der Waals surface area contributed by atoms with Gasteiger partial charge in [0.25, 0.3) is 0 Å². The molecule has 1 fully saturated rings. The SMILES string of the molecule is CCS(=O)(=O)c1cccc2c1nc(N[C@@H]1CNCCNC1=O)n1nc(-c3ccc(OC)cc3)nc21. The summed E-state index contributed by atoms with van der Waals surface area (Å²) in [5.41, 5.74) is 1.46. The predicted octanol–water partition coefficient (Wildman–Crippen LogP) is 1.25. The molecule has 0 unspecified atom stereocenters. The summed E-state index contributed by atoms with van der Waals surface area (Å²) in [7, 11) is -1.97. The first kappa shape index (κ1) is 23.0. The van der Waals surface area contributed by atoms with Gasteiger partial charge in [-0.25, -0.2) is 18.4 Å². The quantitative estimate of drug-likeness (QED) is 0.360. The van der Waals surface area contributed by atoms with Crippen molar-refractivity contribution in [2.45, 2.75) is 17.9 Å². The van der Waals surface area contributed by atoms with E-state index in [1.807, 2.05) is 24.3 Å². The van der Waals surface area contributed by atoms with Gasteiger partial charge in [0.15, 0.2) is 21.3 Å². The van der Waals surface area contributed by atoms with Crippen LogP contribution in [0, 0.1) is 0 Å². The number of hydrogen-bond donors (Lipinski definition) is 3. The molecular formula is C23H25N7O4S. The smallest absolute Gasteiger partial charge is 0.243 e. The number of anilines is 1. The van der Waals surface area contributed by atoms with Crippen LogP contribution in [0.2, 0.25) is 0 Å². The van der Waals surface area contributed by atoms with Gasteiger partial charge in [-0.2, -0.15) is 4.52 Å². The van der Waals surface area contributed by atoms with Crippen molar-refractivity contribution in [3.63, 3.8) is 0 Å². The van der Waals surface area contributed by atoms with E-state index in [4.69, 9.17) is 9.72 Å². The van der Waals surface area contributed by atoms with Crippen molar-refractivity contribution in [1.82, 2.24) is 30.2 Å². The van der Waals surface area contributed by atoms with E-state index < -0.39 is 15.9 Å². The van der Waals surface area contributed by atoms with Gasteiger partial charge in [0, 0.05) is 30.6 Å². The molecule has 11 nitrogen and oxygen atoms in total. The van der Waals surface area contributed by atoms with Crippen LogP contribution in [-0.2, 0) is 14.6 Å². The van der Waals surface area contributed by atoms with E-state index >= 15 is 0 Å². The highest BCUT2D eigenvalue weighted by molar-refractivity contribution is 7.91. The molecular weight excluding hydrogens is 470 g/mol. The van der Waals surface area contributed by atoms with Gasteiger partial charge in [-0.15, -0.1) is 5.10 Å². The molecule has 2 aromatic heterocycles. The van der Waals surface area contributed by atoms with Crippen molar-refractivity contribution >= 4 is 38.2 Å². The fourth-order valence-electron chi connectivity index (χ4n) is 3.98. The number of amides is 1. The Morgan fingerprint density at radius 3 is 2.69 bits per heavy atom. The summed E-state index contributed by atoms with van der Waals surface area (Å²) < 4.78 is 32.4. The molecule has 35 heavy (non-hydrogen) atoms. The largest absolute Gasteiger partial charge is 0.497 e. The average Bonchev–Trinajstić information content (AvgIpc) is 3.23. The Bertz CT molecular complexity index is 1520. The normalized spacial score (nSPS) is 16.7. The Morgan fingerprint density at radius 2 is 1.94 bits per heavy atom. The fraction of sp³-hybridized carbons (Fsp3) is 0.304. The van der Waals surface area contributed by atoms with Gasteiger partial charge in [0.2, 0.25) is 11.9 Å². The fourth-order valence-corrected chi connectivity index (χ4v) is 5.02. The van der Waals surface area contributed by atoms with Crippen LogP contribution >= 0.6 is 0 Å². The third-order valence-corrected chi connectivity index (χ3v) is 7.66. The minimum Gasteiger partial charge on any atom is -0.497 e. The number of nitrogens with zero attached hydrogens (tertiary/aromatic N) is 4. The number of hydrogen-bond acceptors (Lipinski definition) is 9. The van der Waals surface area contributed by atoms with Gasteiger partial charge < -0.3 is 20.7 Å². The number of benzene rings is 2. The number of aromatic nitrogens is 4. The van der Waals surface area contributed by atoms with Crippen LogP contribution < -0.4 is 20.7 Å². The summed E-state index contributed by atoms with van der Waals surface area (Å²) in [6.07, 6.45) is 0. The zero-order valence-corrected chi connectivity index (χ0v) is 20.1. The molecule has 3 heterocycles. The maximum atomic E-state index is 12.8. The summed E-state index contributed by atoms with van der Waals surface area (Å²) in [6, 6.07) is 11.6. The average molecular weight is 496 g/mol. The van der Waals surface area contributed by atoms with Crippen LogP contribution in [0.25, 0.3) is 27.9 Å². The molecule has 5 rings (SSSR count). The Kier molecular flexibility index (Phi) is 5.99. The number of fused-ring (bicyclic) bond motifs is 3. The molecule has 3 N–H and O–H groups in total. The third-order valence-electron chi connectivity index (χ3n) is 5.90. The second kappa shape index (κ2) is 9.12.